The van der Waals surface area contributed by atoms with Gasteiger partial charge in [-0.15, -0.1) is 0 Å². The zero-order valence-electron chi connectivity index (χ0n) is 21.2. The predicted molar refractivity (Wildman–Crippen MR) is 132 cm³/mol. The van der Waals surface area contributed by atoms with E-state index in [4.69, 9.17) is 0 Å². The molecule has 3 N–H and O–H groups in total. The average Bonchev–Trinajstić information content (AvgIpc) is 3.17. The van der Waals surface area contributed by atoms with Crippen LogP contribution >= 0.6 is 0 Å². The first-order chi connectivity index (χ1) is 16.2. The van der Waals surface area contributed by atoms with Gasteiger partial charge in [-0.1, -0.05) is 26.8 Å². The van der Waals surface area contributed by atoms with Crippen LogP contribution in [0, 0.1) is 46.3 Å². The lowest BCUT2D eigenvalue weighted by Crippen LogP contribution is -2.58. The number of rotatable bonds is 5. The Bertz CT molecular complexity index is 877. The molecule has 0 spiro atoms. The Morgan fingerprint density at radius 2 is 1.85 bits per heavy atom. The first kappa shape index (κ1) is 24.2. The van der Waals surface area contributed by atoms with Crippen molar-refractivity contribution >= 4 is 5.91 Å². The van der Waals surface area contributed by atoms with Gasteiger partial charge in [-0.25, -0.2) is 0 Å². The van der Waals surface area contributed by atoms with Gasteiger partial charge >= 0.3 is 0 Å². The molecule has 0 bridgehead atoms. The Balaban J connectivity index is 1.26. The van der Waals surface area contributed by atoms with Gasteiger partial charge in [0.1, 0.15) is 0 Å². The van der Waals surface area contributed by atoms with Gasteiger partial charge < -0.3 is 15.5 Å². The molecule has 0 aliphatic heterocycles. The van der Waals surface area contributed by atoms with Gasteiger partial charge in [-0.3, -0.25) is 9.78 Å². The van der Waals surface area contributed by atoms with E-state index in [0.717, 1.165) is 31.4 Å². The van der Waals surface area contributed by atoms with Crippen molar-refractivity contribution in [3.8, 4) is 0 Å². The number of hydrogen-bond donors (Lipinski definition) is 3. The van der Waals surface area contributed by atoms with Crippen molar-refractivity contribution in [2.75, 3.05) is 0 Å². The number of carbonyl (C=O) groups excluding carboxylic acids is 1. The summed E-state index contributed by atoms with van der Waals surface area (Å²) in [5.41, 5.74) is 1.36. The lowest BCUT2D eigenvalue weighted by molar-refractivity contribution is -0.174. The zero-order valence-corrected chi connectivity index (χ0v) is 21.2. The lowest BCUT2D eigenvalue weighted by Gasteiger charge is -2.62. The molecule has 10 atom stereocenters. The summed E-state index contributed by atoms with van der Waals surface area (Å²) in [6.07, 6.45) is 10.4. The second-order valence-corrected chi connectivity index (χ2v) is 12.7. The number of carbonyl (C=O) groups is 1. The van der Waals surface area contributed by atoms with Crippen molar-refractivity contribution in [2.24, 2.45) is 46.3 Å². The Morgan fingerprint density at radius 3 is 2.62 bits per heavy atom. The fourth-order valence-electron chi connectivity index (χ4n) is 9.37. The highest BCUT2D eigenvalue weighted by Crippen LogP contribution is 2.68. The summed E-state index contributed by atoms with van der Waals surface area (Å²) in [7, 11) is 0. The highest BCUT2D eigenvalue weighted by molar-refractivity contribution is 5.76. The van der Waals surface area contributed by atoms with E-state index in [1.54, 1.807) is 6.20 Å². The number of nitrogens with one attached hydrogen (secondary N) is 1. The summed E-state index contributed by atoms with van der Waals surface area (Å²) in [4.78, 5) is 17.1. The molecule has 34 heavy (non-hydrogen) atoms. The van der Waals surface area contributed by atoms with Crippen LogP contribution in [0.25, 0.3) is 0 Å². The van der Waals surface area contributed by atoms with E-state index in [1.807, 2.05) is 18.2 Å². The van der Waals surface area contributed by atoms with Crippen LogP contribution < -0.4 is 5.32 Å². The summed E-state index contributed by atoms with van der Waals surface area (Å²) >= 11 is 0. The Hall–Kier alpha value is -1.46. The molecule has 4 aliphatic rings. The number of nitrogens with zero attached hydrogens (tertiary/aromatic N) is 1. The molecule has 5 rings (SSSR count). The van der Waals surface area contributed by atoms with Crippen molar-refractivity contribution in [3.63, 3.8) is 0 Å². The second-order valence-electron chi connectivity index (χ2n) is 12.7. The third-order valence-corrected chi connectivity index (χ3v) is 11.1. The second kappa shape index (κ2) is 9.20. The maximum atomic E-state index is 12.8. The topological polar surface area (TPSA) is 82.5 Å². The fourth-order valence-corrected chi connectivity index (χ4v) is 9.37. The summed E-state index contributed by atoms with van der Waals surface area (Å²) in [5, 5.41) is 24.8. The number of hydrogen-bond acceptors (Lipinski definition) is 4. The fraction of sp³-hybridized carbons (Fsp3) is 0.793. The third-order valence-electron chi connectivity index (χ3n) is 11.1. The van der Waals surface area contributed by atoms with E-state index in [9.17, 15) is 15.0 Å². The molecule has 1 heterocycles. The van der Waals surface area contributed by atoms with E-state index in [-0.39, 0.29) is 28.9 Å². The van der Waals surface area contributed by atoms with Gasteiger partial charge in [0.25, 0.3) is 0 Å². The number of fused-ring (bicyclic) bond motifs is 5. The molecular weight excluding hydrogens is 424 g/mol. The van der Waals surface area contributed by atoms with Crippen molar-refractivity contribution in [3.05, 3.63) is 30.1 Å². The van der Waals surface area contributed by atoms with Crippen molar-refractivity contribution in [1.82, 2.24) is 10.3 Å². The molecule has 0 radical (unpaired) electrons. The predicted octanol–water partition coefficient (Wildman–Crippen LogP) is 4.71. The number of aliphatic hydroxyl groups excluding tert-OH is 2. The molecule has 4 saturated carbocycles. The molecule has 5 unspecified atom stereocenters. The minimum absolute atomic E-state index is 0.118. The quantitative estimate of drug-likeness (QED) is 0.584. The largest absolute Gasteiger partial charge is 0.393 e. The Labute approximate surface area is 205 Å². The van der Waals surface area contributed by atoms with Gasteiger partial charge in [0.15, 0.2) is 0 Å². The van der Waals surface area contributed by atoms with Crippen LogP contribution in [0.5, 0.6) is 0 Å². The normalized spacial score (nSPS) is 44.4. The minimum atomic E-state index is -0.242. The monoisotopic (exact) mass is 468 g/mol. The summed E-state index contributed by atoms with van der Waals surface area (Å²) < 4.78 is 0. The Morgan fingerprint density at radius 1 is 1.09 bits per heavy atom. The highest BCUT2D eigenvalue weighted by Gasteiger charge is 2.62. The summed E-state index contributed by atoms with van der Waals surface area (Å²) in [5.74, 6) is 2.94. The molecule has 1 aromatic rings. The molecule has 1 amide bonds. The first-order valence-electron chi connectivity index (χ1n) is 13.7. The van der Waals surface area contributed by atoms with Crippen LogP contribution in [0.3, 0.4) is 0 Å². The molecular formula is C29H44N2O3. The van der Waals surface area contributed by atoms with E-state index in [2.05, 4.69) is 31.1 Å². The van der Waals surface area contributed by atoms with Crippen molar-refractivity contribution in [1.29, 1.82) is 0 Å². The molecule has 4 fully saturated rings. The van der Waals surface area contributed by atoms with Gasteiger partial charge in [0.05, 0.1) is 24.4 Å². The maximum absolute atomic E-state index is 12.8. The lowest BCUT2D eigenvalue weighted by atomic mass is 9.43. The summed E-state index contributed by atoms with van der Waals surface area (Å²) in [6, 6.07) is 5.78. The number of pyridine rings is 1. The molecule has 0 aromatic carbocycles. The molecule has 5 nitrogen and oxygen atoms in total. The first-order valence-corrected chi connectivity index (χ1v) is 13.7. The summed E-state index contributed by atoms with van der Waals surface area (Å²) in [6.45, 7) is 7.69. The molecule has 188 valence electrons. The molecule has 1 aromatic heterocycles. The standard InChI is InChI=1S/C29H44N2O3/c1-18(14-26(34)31-17-20-6-4-5-13-30-20)22-7-8-23-27-24(10-12-29(22,23)3)28(2)11-9-21(32)15-19(28)16-25(27)33/h4-6,13,18-19,21-25,27,32-33H,7-12,14-17H2,1-3H3,(H,31,34)/t18-,19?,21-,22?,23+,24+,25-,27?,28?,29?/m1/s1. The molecule has 5 heteroatoms. The SMILES string of the molecule is C[C@H](CC(=O)NCc1ccccn1)C1CC[C@H]2C3[C@H](O)CC4C[C@H](O)CCC4(C)[C@H]3CCC12C. The number of aromatic nitrogens is 1. The smallest absolute Gasteiger partial charge is 0.220 e. The van der Waals surface area contributed by atoms with Gasteiger partial charge in [-0.2, -0.15) is 0 Å². The highest BCUT2D eigenvalue weighted by atomic mass is 16.3. The number of amides is 1. The van der Waals surface area contributed by atoms with Gasteiger partial charge in [-0.05, 0) is 110 Å². The van der Waals surface area contributed by atoms with Crippen LogP contribution in [-0.2, 0) is 11.3 Å². The Kier molecular flexibility index (Phi) is 6.56. The van der Waals surface area contributed by atoms with Crippen molar-refractivity contribution < 1.29 is 15.0 Å². The van der Waals surface area contributed by atoms with E-state index >= 15 is 0 Å². The third kappa shape index (κ3) is 4.11. The van der Waals surface area contributed by atoms with E-state index < -0.39 is 0 Å². The van der Waals surface area contributed by atoms with Crippen LogP contribution in [-0.4, -0.2) is 33.3 Å². The van der Waals surface area contributed by atoms with Gasteiger partial charge in [0.2, 0.25) is 5.91 Å². The van der Waals surface area contributed by atoms with Crippen LogP contribution in [0.15, 0.2) is 24.4 Å². The van der Waals surface area contributed by atoms with E-state index in [0.29, 0.717) is 48.5 Å². The molecule has 4 aliphatic carbocycles. The van der Waals surface area contributed by atoms with Crippen LogP contribution in [0.4, 0.5) is 0 Å². The minimum Gasteiger partial charge on any atom is -0.393 e. The number of aliphatic hydroxyl groups is 2. The zero-order chi connectivity index (χ0) is 24.1. The van der Waals surface area contributed by atoms with E-state index in [1.165, 1.54) is 25.7 Å². The van der Waals surface area contributed by atoms with Crippen molar-refractivity contribution in [2.45, 2.75) is 97.3 Å². The molecule has 0 saturated heterocycles. The van der Waals surface area contributed by atoms with Gasteiger partial charge in [0, 0.05) is 12.6 Å². The average molecular weight is 469 g/mol. The maximum Gasteiger partial charge on any atom is 0.220 e. The van der Waals surface area contributed by atoms with Crippen LogP contribution in [0.1, 0.15) is 84.3 Å². The van der Waals surface area contributed by atoms with Crippen LogP contribution in [0.2, 0.25) is 0 Å².